The van der Waals surface area contributed by atoms with Crippen molar-refractivity contribution in [2.45, 2.75) is 6.92 Å². The highest BCUT2D eigenvalue weighted by Crippen LogP contribution is 1.86. The van der Waals surface area contributed by atoms with Crippen LogP contribution in [0.5, 0.6) is 0 Å². The molecule has 10 heavy (non-hydrogen) atoms. The molecule has 0 aliphatic rings. The highest BCUT2D eigenvalue weighted by molar-refractivity contribution is 4.72. The first-order valence-corrected chi connectivity index (χ1v) is 3.67. The predicted molar refractivity (Wildman–Crippen MR) is 44.2 cm³/mol. The Hall–Kier alpha value is -0.340. The maximum absolute atomic E-state index is 4.94. The average molecular weight is 143 g/mol. The van der Waals surface area contributed by atoms with Gasteiger partial charge in [0.1, 0.15) is 0 Å². The van der Waals surface area contributed by atoms with Gasteiger partial charge < -0.3 is 4.74 Å². The van der Waals surface area contributed by atoms with Crippen LogP contribution in [0.4, 0.5) is 0 Å². The molecule has 0 bridgehead atoms. The summed E-state index contributed by atoms with van der Waals surface area (Å²) in [6, 6.07) is 0. The van der Waals surface area contributed by atoms with Crippen LogP contribution >= 0.6 is 0 Å². The first-order chi connectivity index (χ1) is 4.85. The monoisotopic (exact) mass is 143 g/mol. The molecule has 0 unspecified atom stereocenters. The molecule has 0 radical (unpaired) electrons. The molecule has 0 aromatic carbocycles. The van der Waals surface area contributed by atoms with Crippen molar-refractivity contribution in [1.82, 2.24) is 4.90 Å². The average Bonchev–Trinajstić information content (AvgIpc) is 1.98. The summed E-state index contributed by atoms with van der Waals surface area (Å²) in [6.45, 7) is 9.64. The van der Waals surface area contributed by atoms with E-state index in [4.69, 9.17) is 4.74 Å². The van der Waals surface area contributed by atoms with Gasteiger partial charge in [-0.05, 0) is 6.54 Å². The summed E-state index contributed by atoms with van der Waals surface area (Å²) in [5, 5.41) is 0. The fourth-order valence-electron chi connectivity index (χ4n) is 0.781. The molecule has 0 amide bonds. The van der Waals surface area contributed by atoms with Gasteiger partial charge in [0.2, 0.25) is 0 Å². The van der Waals surface area contributed by atoms with Crippen molar-refractivity contribution in [3.8, 4) is 0 Å². The smallest absolute Gasteiger partial charge is 0.0589 e. The van der Waals surface area contributed by atoms with Crippen molar-refractivity contribution >= 4 is 0 Å². The van der Waals surface area contributed by atoms with E-state index in [2.05, 4.69) is 18.4 Å². The largest absolute Gasteiger partial charge is 0.383 e. The molecule has 2 nitrogen and oxygen atoms in total. The van der Waals surface area contributed by atoms with Crippen molar-refractivity contribution in [1.29, 1.82) is 0 Å². The van der Waals surface area contributed by atoms with E-state index < -0.39 is 0 Å². The number of likely N-dealkylation sites (N-methyl/N-ethyl adjacent to an activating group) is 1. The van der Waals surface area contributed by atoms with Crippen molar-refractivity contribution in [3.05, 3.63) is 12.7 Å². The normalized spacial score (nSPS) is 10.3. The van der Waals surface area contributed by atoms with Gasteiger partial charge in [0.25, 0.3) is 0 Å². The molecule has 0 rings (SSSR count). The minimum Gasteiger partial charge on any atom is -0.383 e. The maximum Gasteiger partial charge on any atom is 0.0589 e. The van der Waals surface area contributed by atoms with E-state index >= 15 is 0 Å². The molecule has 0 spiro atoms. The molecule has 0 aromatic heterocycles. The second-order valence-electron chi connectivity index (χ2n) is 2.17. The molecule has 0 aliphatic carbocycles. The summed E-state index contributed by atoms with van der Waals surface area (Å²) in [5.74, 6) is 0. The quantitative estimate of drug-likeness (QED) is 0.517. The van der Waals surface area contributed by atoms with E-state index in [1.807, 2.05) is 6.08 Å². The Morgan fingerprint density at radius 3 is 2.70 bits per heavy atom. The third kappa shape index (κ3) is 4.53. The lowest BCUT2D eigenvalue weighted by atomic mass is 10.4. The first kappa shape index (κ1) is 9.66. The third-order valence-corrected chi connectivity index (χ3v) is 1.45. The van der Waals surface area contributed by atoms with Crippen LogP contribution in [-0.4, -0.2) is 38.3 Å². The summed E-state index contributed by atoms with van der Waals surface area (Å²) in [5.41, 5.74) is 0. The Labute approximate surface area is 63.5 Å². The molecule has 0 saturated carbocycles. The number of nitrogens with zero attached hydrogens (tertiary/aromatic N) is 1. The number of methoxy groups -OCH3 is 1. The van der Waals surface area contributed by atoms with E-state index in [0.717, 1.165) is 26.2 Å². The molecule has 0 saturated heterocycles. The van der Waals surface area contributed by atoms with Crippen LogP contribution in [0.25, 0.3) is 0 Å². The van der Waals surface area contributed by atoms with Crippen LogP contribution in [0.1, 0.15) is 6.92 Å². The lowest BCUT2D eigenvalue weighted by molar-refractivity contribution is 0.157. The zero-order valence-corrected chi connectivity index (χ0v) is 6.97. The van der Waals surface area contributed by atoms with Gasteiger partial charge >= 0.3 is 0 Å². The van der Waals surface area contributed by atoms with Crippen LogP contribution in [0.3, 0.4) is 0 Å². The Morgan fingerprint density at radius 2 is 2.30 bits per heavy atom. The fraction of sp³-hybridized carbons (Fsp3) is 0.750. The first-order valence-electron chi connectivity index (χ1n) is 3.67. The van der Waals surface area contributed by atoms with Gasteiger partial charge in [-0.25, -0.2) is 0 Å². The van der Waals surface area contributed by atoms with E-state index in [1.165, 1.54) is 0 Å². The molecular weight excluding hydrogens is 126 g/mol. The van der Waals surface area contributed by atoms with Crippen LogP contribution < -0.4 is 0 Å². The van der Waals surface area contributed by atoms with Crippen molar-refractivity contribution in [2.75, 3.05) is 33.4 Å². The van der Waals surface area contributed by atoms with Crippen LogP contribution in [0.15, 0.2) is 12.7 Å². The molecule has 0 aliphatic heterocycles. The van der Waals surface area contributed by atoms with E-state index in [1.54, 1.807) is 7.11 Å². The highest BCUT2D eigenvalue weighted by Gasteiger charge is 1.96. The van der Waals surface area contributed by atoms with E-state index in [0.29, 0.717) is 0 Å². The van der Waals surface area contributed by atoms with Gasteiger partial charge in [0, 0.05) is 20.2 Å². The van der Waals surface area contributed by atoms with Gasteiger partial charge in [-0.2, -0.15) is 0 Å². The minimum atomic E-state index is 0.807. The molecule has 0 atom stereocenters. The third-order valence-electron chi connectivity index (χ3n) is 1.45. The number of hydrogen-bond acceptors (Lipinski definition) is 2. The standard InChI is InChI=1S/C8H17NO/c1-4-6-9(5-2)7-8-10-3/h4H,1,5-8H2,2-3H3. The summed E-state index contributed by atoms with van der Waals surface area (Å²) in [6.07, 6.45) is 1.92. The van der Waals surface area contributed by atoms with E-state index in [9.17, 15) is 0 Å². The summed E-state index contributed by atoms with van der Waals surface area (Å²) >= 11 is 0. The van der Waals surface area contributed by atoms with Gasteiger partial charge in [0.15, 0.2) is 0 Å². The Morgan fingerprint density at radius 1 is 1.60 bits per heavy atom. The Kier molecular flexibility index (Phi) is 6.55. The zero-order chi connectivity index (χ0) is 7.82. The van der Waals surface area contributed by atoms with Crippen molar-refractivity contribution in [3.63, 3.8) is 0 Å². The molecule has 0 heterocycles. The SMILES string of the molecule is C=CCN(CC)CCOC. The van der Waals surface area contributed by atoms with E-state index in [-0.39, 0.29) is 0 Å². The predicted octanol–water partition coefficient (Wildman–Crippen LogP) is 1.14. The van der Waals surface area contributed by atoms with Crippen LogP contribution in [0.2, 0.25) is 0 Å². The van der Waals surface area contributed by atoms with Crippen LogP contribution in [-0.2, 0) is 4.74 Å². The molecular formula is C8H17NO. The summed E-state index contributed by atoms with van der Waals surface area (Å²) in [7, 11) is 1.72. The second-order valence-corrected chi connectivity index (χ2v) is 2.17. The molecule has 60 valence electrons. The second kappa shape index (κ2) is 6.78. The van der Waals surface area contributed by atoms with Gasteiger partial charge in [-0.3, -0.25) is 4.90 Å². The van der Waals surface area contributed by atoms with Crippen molar-refractivity contribution < 1.29 is 4.74 Å². The lowest BCUT2D eigenvalue weighted by Crippen LogP contribution is -2.27. The summed E-state index contributed by atoms with van der Waals surface area (Å²) < 4.78 is 4.94. The Balaban J connectivity index is 3.29. The molecule has 0 N–H and O–H groups in total. The van der Waals surface area contributed by atoms with Gasteiger partial charge in [0.05, 0.1) is 6.61 Å². The number of hydrogen-bond donors (Lipinski definition) is 0. The molecule has 0 fully saturated rings. The molecule has 0 aromatic rings. The fourth-order valence-corrected chi connectivity index (χ4v) is 0.781. The minimum absolute atomic E-state index is 0.807. The van der Waals surface area contributed by atoms with Gasteiger partial charge in [-0.1, -0.05) is 13.0 Å². The Bertz CT molecular complexity index is 83.3. The van der Waals surface area contributed by atoms with Crippen LogP contribution in [0, 0.1) is 0 Å². The number of ether oxygens (including phenoxy) is 1. The number of rotatable bonds is 6. The highest BCUT2D eigenvalue weighted by atomic mass is 16.5. The summed E-state index contributed by atoms with van der Waals surface area (Å²) in [4.78, 5) is 2.27. The lowest BCUT2D eigenvalue weighted by Gasteiger charge is -2.16. The van der Waals surface area contributed by atoms with Gasteiger partial charge in [-0.15, -0.1) is 6.58 Å². The maximum atomic E-state index is 4.94. The zero-order valence-electron chi connectivity index (χ0n) is 6.97. The topological polar surface area (TPSA) is 12.5 Å². The molecule has 2 heteroatoms. The van der Waals surface area contributed by atoms with Crippen molar-refractivity contribution in [2.24, 2.45) is 0 Å².